The Labute approximate surface area is 124 Å². The topological polar surface area (TPSA) is 64.4 Å². The third-order valence-electron chi connectivity index (χ3n) is 3.55. The number of hydrogen-bond acceptors (Lipinski definition) is 3. The number of ether oxygens (including phenoxy) is 1. The van der Waals surface area contributed by atoms with E-state index in [1.165, 1.54) is 0 Å². The van der Waals surface area contributed by atoms with Crippen molar-refractivity contribution in [1.29, 1.82) is 0 Å². The highest BCUT2D eigenvalue weighted by Crippen LogP contribution is 2.21. The number of carboxylic acid groups (broad SMARTS) is 1. The highest BCUT2D eigenvalue weighted by atomic mass is 16.5. The van der Waals surface area contributed by atoms with Gasteiger partial charge in [-0.1, -0.05) is 6.92 Å². The zero-order chi connectivity index (χ0) is 15.4. The van der Waals surface area contributed by atoms with Crippen LogP contribution in [-0.4, -0.2) is 33.8 Å². The van der Waals surface area contributed by atoms with Gasteiger partial charge in [0.2, 0.25) is 0 Å². The van der Waals surface area contributed by atoms with Gasteiger partial charge in [-0.15, -0.1) is 0 Å². The molecule has 0 amide bonds. The molecular weight excluding hydrogens is 268 g/mol. The molecule has 1 N–H and O–H groups in total. The number of aryl methyl sites for hydroxylation is 2. The van der Waals surface area contributed by atoms with E-state index in [-0.39, 0.29) is 6.54 Å². The molecule has 0 saturated carbocycles. The molecule has 5 heteroatoms. The first kappa shape index (κ1) is 15.5. The maximum Gasteiger partial charge on any atom is 0.323 e. The average Bonchev–Trinajstić information content (AvgIpc) is 2.73. The molecular formula is C16H22N2O3. The van der Waals surface area contributed by atoms with Crippen molar-refractivity contribution >= 4 is 17.0 Å². The Morgan fingerprint density at radius 1 is 1.29 bits per heavy atom. The van der Waals surface area contributed by atoms with Gasteiger partial charge in [0.25, 0.3) is 0 Å². The van der Waals surface area contributed by atoms with E-state index in [1.54, 1.807) is 4.57 Å². The minimum absolute atomic E-state index is 0.0673. The van der Waals surface area contributed by atoms with Crippen LogP contribution in [0.15, 0.2) is 12.1 Å². The van der Waals surface area contributed by atoms with E-state index < -0.39 is 5.97 Å². The summed E-state index contributed by atoms with van der Waals surface area (Å²) in [5.41, 5.74) is 4.04. The van der Waals surface area contributed by atoms with E-state index in [0.717, 1.165) is 41.0 Å². The number of carbonyl (C=O) groups is 1. The Balaban J connectivity index is 2.35. The van der Waals surface area contributed by atoms with Crippen LogP contribution in [0, 0.1) is 13.8 Å². The molecule has 0 radical (unpaired) electrons. The third kappa shape index (κ3) is 3.61. The lowest BCUT2D eigenvalue weighted by atomic mass is 10.1. The van der Waals surface area contributed by atoms with Crippen LogP contribution in [0.4, 0.5) is 0 Å². The molecule has 0 atom stereocenters. The highest BCUT2D eigenvalue weighted by Gasteiger charge is 2.14. The summed E-state index contributed by atoms with van der Waals surface area (Å²) in [6.45, 7) is 7.34. The predicted molar refractivity (Wildman–Crippen MR) is 81.7 cm³/mol. The smallest absolute Gasteiger partial charge is 0.323 e. The molecule has 0 spiro atoms. The van der Waals surface area contributed by atoms with Crippen LogP contribution in [0.5, 0.6) is 0 Å². The summed E-state index contributed by atoms with van der Waals surface area (Å²) < 4.78 is 7.27. The van der Waals surface area contributed by atoms with Crippen molar-refractivity contribution in [2.75, 3.05) is 13.2 Å². The van der Waals surface area contributed by atoms with Gasteiger partial charge in [-0.25, -0.2) is 4.98 Å². The van der Waals surface area contributed by atoms with Gasteiger partial charge in [0.05, 0.1) is 17.6 Å². The van der Waals surface area contributed by atoms with E-state index in [2.05, 4.69) is 11.9 Å². The number of fused-ring (bicyclic) bond motifs is 1. The van der Waals surface area contributed by atoms with Crippen LogP contribution >= 0.6 is 0 Å². The fraction of sp³-hybridized carbons (Fsp3) is 0.500. The van der Waals surface area contributed by atoms with Gasteiger partial charge in [-0.05, 0) is 43.5 Å². The van der Waals surface area contributed by atoms with Gasteiger partial charge in [-0.2, -0.15) is 0 Å². The molecule has 0 fully saturated rings. The van der Waals surface area contributed by atoms with E-state index in [4.69, 9.17) is 9.84 Å². The Morgan fingerprint density at radius 3 is 2.67 bits per heavy atom. The van der Waals surface area contributed by atoms with E-state index in [0.29, 0.717) is 13.0 Å². The van der Waals surface area contributed by atoms with Crippen molar-refractivity contribution in [2.24, 2.45) is 0 Å². The first-order chi connectivity index (χ1) is 10.0. The molecule has 0 aliphatic carbocycles. The second-order valence-corrected chi connectivity index (χ2v) is 5.30. The fourth-order valence-corrected chi connectivity index (χ4v) is 2.34. The summed E-state index contributed by atoms with van der Waals surface area (Å²) in [5.74, 6) is -0.0863. The largest absolute Gasteiger partial charge is 0.480 e. The molecule has 2 aromatic rings. The van der Waals surface area contributed by atoms with Crippen molar-refractivity contribution in [3.63, 3.8) is 0 Å². The van der Waals surface area contributed by atoms with Gasteiger partial charge in [0.15, 0.2) is 0 Å². The van der Waals surface area contributed by atoms with E-state index in [1.807, 2.05) is 26.0 Å². The van der Waals surface area contributed by atoms with Crippen molar-refractivity contribution in [3.05, 3.63) is 29.1 Å². The maximum atomic E-state index is 11.1. The van der Waals surface area contributed by atoms with Crippen LogP contribution < -0.4 is 0 Å². The monoisotopic (exact) mass is 290 g/mol. The minimum Gasteiger partial charge on any atom is -0.480 e. The number of aromatic nitrogens is 2. The van der Waals surface area contributed by atoms with Gasteiger partial charge in [0, 0.05) is 13.0 Å². The summed E-state index contributed by atoms with van der Waals surface area (Å²) in [6, 6.07) is 4.02. The minimum atomic E-state index is -0.858. The predicted octanol–water partition coefficient (Wildman–Crippen LogP) is 2.71. The first-order valence-corrected chi connectivity index (χ1v) is 7.28. The molecule has 5 nitrogen and oxygen atoms in total. The Kier molecular flexibility index (Phi) is 4.96. The molecule has 1 aromatic heterocycles. The number of hydrogen-bond donors (Lipinski definition) is 1. The molecule has 0 bridgehead atoms. The standard InChI is InChI=1S/C16H22N2O3/c1-4-6-21-7-5-15-17-13-8-11(2)12(3)9-14(13)18(15)10-16(19)20/h8-9H,4-7,10H2,1-3H3,(H,19,20). The van der Waals surface area contributed by atoms with Crippen LogP contribution in [0.2, 0.25) is 0 Å². The molecule has 1 aromatic carbocycles. The number of carboxylic acids is 1. The second kappa shape index (κ2) is 6.72. The zero-order valence-electron chi connectivity index (χ0n) is 12.8. The maximum absolute atomic E-state index is 11.1. The van der Waals surface area contributed by atoms with Crippen molar-refractivity contribution in [1.82, 2.24) is 9.55 Å². The van der Waals surface area contributed by atoms with Gasteiger partial charge >= 0.3 is 5.97 Å². The Hall–Kier alpha value is -1.88. The summed E-state index contributed by atoms with van der Waals surface area (Å²) in [5, 5.41) is 9.12. The van der Waals surface area contributed by atoms with Crippen LogP contribution in [0.25, 0.3) is 11.0 Å². The number of imidazole rings is 1. The summed E-state index contributed by atoms with van der Waals surface area (Å²) in [4.78, 5) is 15.7. The SMILES string of the molecule is CCCOCCc1nc2cc(C)c(C)cc2n1CC(=O)O. The number of rotatable bonds is 7. The Morgan fingerprint density at radius 2 is 2.00 bits per heavy atom. The quantitative estimate of drug-likeness (QED) is 0.796. The lowest BCUT2D eigenvalue weighted by molar-refractivity contribution is -0.137. The molecule has 2 rings (SSSR count). The van der Waals surface area contributed by atoms with Gasteiger partial charge in [-0.3, -0.25) is 4.79 Å². The van der Waals surface area contributed by atoms with Gasteiger partial charge < -0.3 is 14.4 Å². The molecule has 114 valence electrons. The summed E-state index contributed by atoms with van der Waals surface area (Å²) in [6.07, 6.45) is 1.60. The summed E-state index contributed by atoms with van der Waals surface area (Å²) in [7, 11) is 0. The third-order valence-corrected chi connectivity index (χ3v) is 3.55. The van der Waals surface area contributed by atoms with Crippen molar-refractivity contribution in [3.8, 4) is 0 Å². The van der Waals surface area contributed by atoms with Gasteiger partial charge in [0.1, 0.15) is 12.4 Å². The highest BCUT2D eigenvalue weighted by molar-refractivity contribution is 5.80. The second-order valence-electron chi connectivity index (χ2n) is 5.30. The fourth-order valence-electron chi connectivity index (χ4n) is 2.34. The molecule has 1 heterocycles. The molecule has 0 aliphatic heterocycles. The molecule has 21 heavy (non-hydrogen) atoms. The molecule has 0 unspecified atom stereocenters. The number of nitrogens with zero attached hydrogens (tertiary/aromatic N) is 2. The van der Waals surface area contributed by atoms with Crippen LogP contribution in [-0.2, 0) is 22.5 Å². The van der Waals surface area contributed by atoms with Crippen LogP contribution in [0.1, 0.15) is 30.3 Å². The zero-order valence-corrected chi connectivity index (χ0v) is 12.8. The molecule has 0 saturated heterocycles. The Bertz CT molecular complexity index is 646. The van der Waals surface area contributed by atoms with E-state index >= 15 is 0 Å². The van der Waals surface area contributed by atoms with E-state index in [9.17, 15) is 4.79 Å². The lowest BCUT2D eigenvalue weighted by Gasteiger charge is -2.07. The number of aliphatic carboxylic acids is 1. The lowest BCUT2D eigenvalue weighted by Crippen LogP contribution is -2.13. The first-order valence-electron chi connectivity index (χ1n) is 7.28. The number of benzene rings is 1. The van der Waals surface area contributed by atoms with Crippen LogP contribution in [0.3, 0.4) is 0 Å². The molecule has 0 aliphatic rings. The van der Waals surface area contributed by atoms with Crippen molar-refractivity contribution in [2.45, 2.75) is 40.2 Å². The normalized spacial score (nSPS) is 11.2. The summed E-state index contributed by atoms with van der Waals surface area (Å²) >= 11 is 0. The van der Waals surface area contributed by atoms with Crippen molar-refractivity contribution < 1.29 is 14.6 Å². The average molecular weight is 290 g/mol.